The molecular formula is C26H32N4O4S. The number of hydrogen-bond donors (Lipinski definition) is 0. The van der Waals surface area contributed by atoms with Crippen molar-refractivity contribution in [2.24, 2.45) is 0 Å². The summed E-state index contributed by atoms with van der Waals surface area (Å²) in [6.45, 7) is 5.68. The number of para-hydroxylation sites is 2. The predicted molar refractivity (Wildman–Crippen MR) is 135 cm³/mol. The zero-order valence-corrected chi connectivity index (χ0v) is 20.9. The minimum Gasteiger partial charge on any atom is -0.303 e. The van der Waals surface area contributed by atoms with E-state index in [1.807, 2.05) is 33.4 Å². The number of rotatable bonds is 8. The summed E-state index contributed by atoms with van der Waals surface area (Å²) in [6.07, 6.45) is 4.18. The maximum Gasteiger partial charge on any atom is 0.329 e. The first kappa shape index (κ1) is 23.8. The summed E-state index contributed by atoms with van der Waals surface area (Å²) in [6, 6.07) is 14.6. The molecule has 186 valence electrons. The van der Waals surface area contributed by atoms with Crippen LogP contribution in [0, 0.1) is 0 Å². The lowest BCUT2D eigenvalue weighted by Gasteiger charge is -2.32. The van der Waals surface area contributed by atoms with Gasteiger partial charge in [-0.1, -0.05) is 31.2 Å². The van der Waals surface area contributed by atoms with E-state index >= 15 is 0 Å². The number of imidazole rings is 1. The maximum atomic E-state index is 13.2. The molecule has 1 fully saturated rings. The lowest BCUT2D eigenvalue weighted by Crippen LogP contribution is -2.38. The molecule has 0 aliphatic carbocycles. The summed E-state index contributed by atoms with van der Waals surface area (Å²) >= 11 is 0. The van der Waals surface area contributed by atoms with E-state index < -0.39 is 15.9 Å². The number of likely N-dealkylation sites (tertiary alicyclic amines) is 1. The van der Waals surface area contributed by atoms with Crippen LogP contribution in [0.25, 0.3) is 11.0 Å². The number of piperidine rings is 1. The van der Waals surface area contributed by atoms with E-state index in [2.05, 4.69) is 11.8 Å². The first-order chi connectivity index (χ1) is 16.9. The predicted octanol–water partition coefficient (Wildman–Crippen LogP) is 3.47. The van der Waals surface area contributed by atoms with Crippen LogP contribution in [0.4, 0.5) is 0 Å². The molecule has 3 aromatic rings. The SMILES string of the molecule is CCCn1c(=O)n(C2CCN(CCCCN3C(=O)c4ccccc4S3(=O)=O)CC2)c2ccccc21. The zero-order valence-electron chi connectivity index (χ0n) is 20.1. The molecule has 2 aliphatic rings. The number of carbonyl (C=O) groups is 1. The van der Waals surface area contributed by atoms with Crippen molar-refractivity contribution in [1.29, 1.82) is 0 Å². The summed E-state index contributed by atoms with van der Waals surface area (Å²) in [7, 11) is -3.73. The van der Waals surface area contributed by atoms with E-state index in [4.69, 9.17) is 0 Å². The normalized spacial score (nSPS) is 18.4. The van der Waals surface area contributed by atoms with Crippen molar-refractivity contribution in [3.8, 4) is 0 Å². The van der Waals surface area contributed by atoms with Crippen LogP contribution in [-0.2, 0) is 16.6 Å². The molecule has 0 radical (unpaired) electrons. The molecule has 0 N–H and O–H groups in total. The average molecular weight is 497 g/mol. The molecule has 3 heterocycles. The smallest absolute Gasteiger partial charge is 0.303 e. The molecule has 0 atom stereocenters. The summed E-state index contributed by atoms with van der Waals surface area (Å²) in [5.74, 6) is -0.422. The van der Waals surface area contributed by atoms with Gasteiger partial charge in [0.05, 0.1) is 16.6 Å². The molecule has 8 nitrogen and oxygen atoms in total. The number of unbranched alkanes of at least 4 members (excludes halogenated alkanes) is 1. The number of aryl methyl sites for hydroxylation is 1. The molecule has 1 aromatic heterocycles. The first-order valence-electron chi connectivity index (χ1n) is 12.5. The second-order valence-electron chi connectivity index (χ2n) is 9.45. The number of carbonyl (C=O) groups excluding carboxylic acids is 1. The van der Waals surface area contributed by atoms with Gasteiger partial charge in [0.1, 0.15) is 4.90 Å². The third-order valence-corrected chi connectivity index (χ3v) is 9.08. The van der Waals surface area contributed by atoms with E-state index in [-0.39, 0.29) is 28.7 Å². The fraction of sp³-hybridized carbons (Fsp3) is 0.462. The van der Waals surface area contributed by atoms with Gasteiger partial charge in [0, 0.05) is 32.2 Å². The molecule has 0 unspecified atom stereocenters. The minimum atomic E-state index is -3.73. The lowest BCUT2D eigenvalue weighted by molar-refractivity contribution is 0.0868. The van der Waals surface area contributed by atoms with E-state index in [0.717, 1.165) is 67.2 Å². The number of amides is 1. The van der Waals surface area contributed by atoms with Crippen LogP contribution >= 0.6 is 0 Å². The molecule has 1 saturated heterocycles. The standard InChI is InChI=1S/C26H32N4O4S/c1-2-15-28-22-10-4-5-11-23(22)30(26(28)32)20-13-18-27(19-14-20)16-7-8-17-29-25(31)21-9-3-6-12-24(21)35(29,33)34/h3-6,9-12,20H,2,7-8,13-19H2,1H3. The Morgan fingerprint density at radius 1 is 0.857 bits per heavy atom. The van der Waals surface area contributed by atoms with E-state index in [1.165, 1.54) is 6.07 Å². The molecule has 9 heteroatoms. The van der Waals surface area contributed by atoms with Crippen LogP contribution in [0.15, 0.2) is 58.2 Å². The van der Waals surface area contributed by atoms with Crippen LogP contribution in [0.3, 0.4) is 0 Å². The van der Waals surface area contributed by atoms with E-state index in [9.17, 15) is 18.0 Å². The molecule has 2 aromatic carbocycles. The third kappa shape index (κ3) is 4.21. The highest BCUT2D eigenvalue weighted by Crippen LogP contribution is 2.30. The highest BCUT2D eigenvalue weighted by molar-refractivity contribution is 7.90. The number of fused-ring (bicyclic) bond motifs is 2. The molecular weight excluding hydrogens is 464 g/mol. The monoisotopic (exact) mass is 496 g/mol. The van der Waals surface area contributed by atoms with Gasteiger partial charge < -0.3 is 4.90 Å². The topological polar surface area (TPSA) is 84.6 Å². The van der Waals surface area contributed by atoms with E-state index in [1.54, 1.807) is 18.2 Å². The van der Waals surface area contributed by atoms with E-state index in [0.29, 0.717) is 6.42 Å². The van der Waals surface area contributed by atoms with Gasteiger partial charge in [-0.2, -0.15) is 0 Å². The van der Waals surface area contributed by atoms with Gasteiger partial charge in [-0.05, 0) is 62.9 Å². The van der Waals surface area contributed by atoms with Crippen LogP contribution in [0.2, 0.25) is 0 Å². The van der Waals surface area contributed by atoms with Gasteiger partial charge in [-0.15, -0.1) is 0 Å². The Bertz CT molecular complexity index is 1400. The van der Waals surface area contributed by atoms with Crippen LogP contribution in [0.1, 0.15) is 55.4 Å². The van der Waals surface area contributed by atoms with Crippen molar-refractivity contribution < 1.29 is 13.2 Å². The van der Waals surface area contributed by atoms with Crippen LogP contribution < -0.4 is 5.69 Å². The van der Waals surface area contributed by atoms with Crippen LogP contribution in [0.5, 0.6) is 0 Å². The summed E-state index contributed by atoms with van der Waals surface area (Å²) in [4.78, 5) is 28.2. The number of hydrogen-bond acceptors (Lipinski definition) is 5. The summed E-state index contributed by atoms with van der Waals surface area (Å²) in [5, 5.41) is 0. The third-order valence-electron chi connectivity index (χ3n) is 7.24. The molecule has 0 spiro atoms. The number of benzene rings is 2. The Hall–Kier alpha value is -2.91. The average Bonchev–Trinajstić information content (AvgIpc) is 3.25. The molecule has 5 rings (SSSR count). The summed E-state index contributed by atoms with van der Waals surface area (Å²) in [5.41, 5.74) is 2.38. The summed E-state index contributed by atoms with van der Waals surface area (Å²) < 4.78 is 30.3. The van der Waals surface area contributed by atoms with Gasteiger partial charge in [-0.25, -0.2) is 17.5 Å². The fourth-order valence-electron chi connectivity index (χ4n) is 5.47. The second kappa shape index (κ2) is 9.62. The van der Waals surface area contributed by atoms with Crippen molar-refractivity contribution in [3.05, 3.63) is 64.6 Å². The quantitative estimate of drug-likeness (QED) is 0.446. The van der Waals surface area contributed by atoms with Crippen molar-refractivity contribution >= 4 is 27.0 Å². The lowest BCUT2D eigenvalue weighted by atomic mass is 10.0. The number of nitrogens with zero attached hydrogens (tertiary/aromatic N) is 4. The highest BCUT2D eigenvalue weighted by atomic mass is 32.2. The Balaban J connectivity index is 1.16. The van der Waals surface area contributed by atoms with Gasteiger partial charge in [0.2, 0.25) is 0 Å². The van der Waals surface area contributed by atoms with Gasteiger partial charge in [0.25, 0.3) is 15.9 Å². The molecule has 35 heavy (non-hydrogen) atoms. The maximum absolute atomic E-state index is 13.2. The molecule has 0 bridgehead atoms. The number of sulfonamides is 1. The van der Waals surface area contributed by atoms with Crippen molar-refractivity contribution in [2.45, 2.75) is 56.5 Å². The Morgan fingerprint density at radius 3 is 2.23 bits per heavy atom. The molecule has 0 saturated carbocycles. The fourth-order valence-corrected chi connectivity index (χ4v) is 7.08. The van der Waals surface area contributed by atoms with Crippen molar-refractivity contribution in [1.82, 2.24) is 18.3 Å². The Morgan fingerprint density at radius 2 is 1.51 bits per heavy atom. The van der Waals surface area contributed by atoms with Gasteiger partial charge in [0.15, 0.2) is 0 Å². The second-order valence-corrected chi connectivity index (χ2v) is 11.3. The van der Waals surface area contributed by atoms with Gasteiger partial charge >= 0.3 is 5.69 Å². The highest BCUT2D eigenvalue weighted by Gasteiger charge is 2.40. The first-order valence-corrected chi connectivity index (χ1v) is 14.0. The van der Waals surface area contributed by atoms with Crippen LogP contribution in [-0.4, -0.2) is 58.8 Å². The molecule has 1 amide bonds. The number of aromatic nitrogens is 2. The van der Waals surface area contributed by atoms with Gasteiger partial charge in [-0.3, -0.25) is 13.9 Å². The zero-order chi connectivity index (χ0) is 24.6. The largest absolute Gasteiger partial charge is 0.329 e. The Labute approximate surface area is 205 Å². The molecule has 2 aliphatic heterocycles. The van der Waals surface area contributed by atoms with Crippen molar-refractivity contribution in [2.75, 3.05) is 26.2 Å². The minimum absolute atomic E-state index is 0.0870. The Kier molecular flexibility index (Phi) is 6.55. The van der Waals surface area contributed by atoms with Crippen molar-refractivity contribution in [3.63, 3.8) is 0 Å².